The third-order valence-electron chi connectivity index (χ3n) is 1.13. The molecule has 0 spiro atoms. The van der Waals surface area contributed by atoms with Gasteiger partial charge in [0.1, 0.15) is 0 Å². The molecule has 66 valence electrons. The van der Waals surface area contributed by atoms with Crippen molar-refractivity contribution in [2.75, 3.05) is 11.0 Å². The molecule has 0 aliphatic carbocycles. The van der Waals surface area contributed by atoms with Gasteiger partial charge in [-0.3, -0.25) is 4.72 Å². The van der Waals surface area contributed by atoms with Crippen molar-refractivity contribution in [3.63, 3.8) is 0 Å². The highest BCUT2D eigenvalue weighted by Crippen LogP contribution is 2.15. The molecule has 1 rings (SSSR count). The zero-order chi connectivity index (χ0) is 9.19. The lowest BCUT2D eigenvalue weighted by Crippen LogP contribution is -2.09. The Hall–Kier alpha value is -0.740. The minimum Gasteiger partial charge on any atom is -0.284 e. The van der Waals surface area contributed by atoms with Crippen molar-refractivity contribution >= 4 is 27.3 Å². The molecule has 0 saturated heterocycles. The molecule has 0 aromatic heterocycles. The summed E-state index contributed by atoms with van der Waals surface area (Å²) in [6.07, 6.45) is 1.09. The number of benzene rings is 1. The lowest BCUT2D eigenvalue weighted by molar-refractivity contribution is 0.607. The molecule has 0 bridgehead atoms. The van der Waals surface area contributed by atoms with Gasteiger partial charge in [0.05, 0.1) is 6.26 Å². The van der Waals surface area contributed by atoms with Crippen LogP contribution in [0.25, 0.3) is 0 Å². The van der Waals surface area contributed by atoms with Crippen molar-refractivity contribution in [3.8, 4) is 0 Å². The van der Waals surface area contributed by atoms with E-state index in [9.17, 15) is 8.42 Å². The maximum atomic E-state index is 10.8. The van der Waals surface area contributed by atoms with Crippen LogP contribution in [0.3, 0.4) is 0 Å². The van der Waals surface area contributed by atoms with Gasteiger partial charge in [-0.15, -0.1) is 0 Å². The quantitative estimate of drug-likeness (QED) is 0.799. The van der Waals surface area contributed by atoms with Crippen LogP contribution >= 0.6 is 11.6 Å². The molecule has 1 aromatic rings. The van der Waals surface area contributed by atoms with E-state index in [0.29, 0.717) is 10.7 Å². The Labute approximate surface area is 76.4 Å². The van der Waals surface area contributed by atoms with Crippen LogP contribution in [-0.4, -0.2) is 14.7 Å². The van der Waals surface area contributed by atoms with E-state index in [4.69, 9.17) is 11.6 Å². The normalized spacial score (nSPS) is 11.2. The second-order valence-corrected chi connectivity index (χ2v) is 4.57. The summed E-state index contributed by atoms with van der Waals surface area (Å²) in [6.45, 7) is 0. The SMILES string of the molecule is CS(=O)(=O)Nc1cccc(Cl)c1. The summed E-state index contributed by atoms with van der Waals surface area (Å²) >= 11 is 5.64. The van der Waals surface area contributed by atoms with E-state index >= 15 is 0 Å². The molecule has 0 fully saturated rings. The van der Waals surface area contributed by atoms with Crippen LogP contribution in [0, 0.1) is 0 Å². The van der Waals surface area contributed by atoms with Gasteiger partial charge in [0, 0.05) is 10.7 Å². The molecular weight excluding hydrogens is 198 g/mol. The molecule has 1 N–H and O–H groups in total. The molecule has 1 aromatic carbocycles. The minimum absolute atomic E-state index is 0.477. The van der Waals surface area contributed by atoms with Gasteiger partial charge in [-0.05, 0) is 18.2 Å². The fraction of sp³-hybridized carbons (Fsp3) is 0.143. The van der Waals surface area contributed by atoms with E-state index in [1.807, 2.05) is 0 Å². The first kappa shape index (κ1) is 9.35. The molecule has 0 amide bonds. The lowest BCUT2D eigenvalue weighted by atomic mass is 10.3. The first-order valence-electron chi connectivity index (χ1n) is 3.21. The summed E-state index contributed by atoms with van der Waals surface area (Å²) in [6, 6.07) is 6.53. The first-order valence-corrected chi connectivity index (χ1v) is 5.48. The predicted molar refractivity (Wildman–Crippen MR) is 49.9 cm³/mol. The Morgan fingerprint density at radius 3 is 2.58 bits per heavy atom. The van der Waals surface area contributed by atoms with Crippen LogP contribution in [0.2, 0.25) is 5.02 Å². The Morgan fingerprint density at radius 1 is 1.42 bits per heavy atom. The fourth-order valence-corrected chi connectivity index (χ4v) is 1.51. The van der Waals surface area contributed by atoms with Gasteiger partial charge >= 0.3 is 0 Å². The molecule has 5 heteroatoms. The van der Waals surface area contributed by atoms with E-state index < -0.39 is 10.0 Å². The molecule has 0 aliphatic rings. The topological polar surface area (TPSA) is 46.2 Å². The third-order valence-corrected chi connectivity index (χ3v) is 1.97. The highest BCUT2D eigenvalue weighted by atomic mass is 35.5. The average Bonchev–Trinajstić information content (AvgIpc) is 1.82. The Kier molecular flexibility index (Phi) is 2.59. The zero-order valence-corrected chi connectivity index (χ0v) is 7.98. The van der Waals surface area contributed by atoms with Gasteiger partial charge in [-0.25, -0.2) is 8.42 Å². The van der Waals surface area contributed by atoms with E-state index in [1.165, 1.54) is 0 Å². The molecule has 0 radical (unpaired) electrons. The van der Waals surface area contributed by atoms with Gasteiger partial charge in [-0.1, -0.05) is 17.7 Å². The van der Waals surface area contributed by atoms with E-state index in [2.05, 4.69) is 4.72 Å². The van der Waals surface area contributed by atoms with Gasteiger partial charge in [-0.2, -0.15) is 0 Å². The number of hydrogen-bond donors (Lipinski definition) is 1. The summed E-state index contributed by atoms with van der Waals surface area (Å²) < 4.78 is 23.8. The smallest absolute Gasteiger partial charge is 0.229 e. The number of nitrogens with one attached hydrogen (secondary N) is 1. The van der Waals surface area contributed by atoms with Crippen LogP contribution in [0.4, 0.5) is 5.69 Å². The average molecular weight is 206 g/mol. The maximum Gasteiger partial charge on any atom is 0.229 e. The highest BCUT2D eigenvalue weighted by molar-refractivity contribution is 7.92. The van der Waals surface area contributed by atoms with Crippen molar-refractivity contribution in [1.29, 1.82) is 0 Å². The summed E-state index contributed by atoms with van der Waals surface area (Å²) in [5.74, 6) is 0. The molecule has 0 heterocycles. The Balaban J connectivity index is 2.91. The fourth-order valence-electron chi connectivity index (χ4n) is 0.766. The van der Waals surface area contributed by atoms with Crippen molar-refractivity contribution in [1.82, 2.24) is 0 Å². The third kappa shape index (κ3) is 3.11. The molecule has 0 aliphatic heterocycles. The number of hydrogen-bond acceptors (Lipinski definition) is 2. The number of halogens is 1. The van der Waals surface area contributed by atoms with Gasteiger partial charge in [0.2, 0.25) is 10.0 Å². The van der Waals surface area contributed by atoms with Crippen LogP contribution in [0.15, 0.2) is 24.3 Å². The summed E-state index contributed by atoms with van der Waals surface area (Å²) in [5, 5.41) is 0.503. The molecule has 0 unspecified atom stereocenters. The lowest BCUT2D eigenvalue weighted by Gasteiger charge is -2.02. The molecular formula is C7H8ClNO2S. The maximum absolute atomic E-state index is 10.8. The molecule has 12 heavy (non-hydrogen) atoms. The Morgan fingerprint density at radius 2 is 2.08 bits per heavy atom. The van der Waals surface area contributed by atoms with Crippen LogP contribution in [0.5, 0.6) is 0 Å². The van der Waals surface area contributed by atoms with Crippen LogP contribution in [-0.2, 0) is 10.0 Å². The second kappa shape index (κ2) is 3.33. The van der Waals surface area contributed by atoms with E-state index in [-0.39, 0.29) is 0 Å². The summed E-state index contributed by atoms with van der Waals surface area (Å²) in [4.78, 5) is 0. The standard InChI is InChI=1S/C7H8ClNO2S/c1-12(10,11)9-7-4-2-3-6(8)5-7/h2-5,9H,1H3. The van der Waals surface area contributed by atoms with E-state index in [1.54, 1.807) is 24.3 Å². The zero-order valence-electron chi connectivity index (χ0n) is 6.41. The van der Waals surface area contributed by atoms with Crippen molar-refractivity contribution in [3.05, 3.63) is 29.3 Å². The molecule has 0 atom stereocenters. The highest BCUT2D eigenvalue weighted by Gasteiger charge is 2.00. The first-order chi connectivity index (χ1) is 5.47. The van der Waals surface area contributed by atoms with Crippen molar-refractivity contribution < 1.29 is 8.42 Å². The van der Waals surface area contributed by atoms with Crippen LogP contribution < -0.4 is 4.72 Å². The van der Waals surface area contributed by atoms with Crippen molar-refractivity contribution in [2.45, 2.75) is 0 Å². The van der Waals surface area contributed by atoms with Gasteiger partial charge in [0.15, 0.2) is 0 Å². The minimum atomic E-state index is -3.20. The molecule has 0 saturated carbocycles. The second-order valence-electron chi connectivity index (χ2n) is 2.38. The monoisotopic (exact) mass is 205 g/mol. The number of sulfonamides is 1. The number of anilines is 1. The van der Waals surface area contributed by atoms with E-state index in [0.717, 1.165) is 6.26 Å². The van der Waals surface area contributed by atoms with Gasteiger partial charge < -0.3 is 0 Å². The van der Waals surface area contributed by atoms with Crippen LogP contribution in [0.1, 0.15) is 0 Å². The number of rotatable bonds is 2. The largest absolute Gasteiger partial charge is 0.284 e. The molecule has 3 nitrogen and oxygen atoms in total. The van der Waals surface area contributed by atoms with Crippen molar-refractivity contribution in [2.24, 2.45) is 0 Å². The summed E-state index contributed by atoms with van der Waals surface area (Å²) in [5.41, 5.74) is 0.477. The summed E-state index contributed by atoms with van der Waals surface area (Å²) in [7, 11) is -3.20. The van der Waals surface area contributed by atoms with Gasteiger partial charge in [0.25, 0.3) is 0 Å². The Bertz CT molecular complexity index is 375. The predicted octanol–water partition coefficient (Wildman–Crippen LogP) is 1.71.